The monoisotopic (exact) mass is 244 g/mol. The van der Waals surface area contributed by atoms with Crippen LogP contribution >= 0.6 is 0 Å². The first-order chi connectivity index (χ1) is 8.74. The van der Waals surface area contributed by atoms with Gasteiger partial charge in [-0.15, -0.1) is 0 Å². The fraction of sp³-hybridized carbons (Fsp3) is 0.429. The molecule has 0 bridgehead atoms. The van der Waals surface area contributed by atoms with E-state index in [1.165, 1.54) is 0 Å². The maximum absolute atomic E-state index is 11.7. The van der Waals surface area contributed by atoms with E-state index in [1.54, 1.807) is 6.07 Å². The number of nitrogens with zero attached hydrogens (tertiary/aromatic N) is 1. The van der Waals surface area contributed by atoms with Crippen molar-refractivity contribution >= 4 is 5.91 Å². The van der Waals surface area contributed by atoms with E-state index >= 15 is 0 Å². The molecule has 0 heterocycles. The van der Waals surface area contributed by atoms with Crippen molar-refractivity contribution in [3.05, 3.63) is 29.8 Å². The quantitative estimate of drug-likeness (QED) is 0.863. The zero-order valence-electron chi connectivity index (χ0n) is 10.3. The second kappa shape index (κ2) is 5.54. The SMILES string of the molecule is CCOc1cccc(C(C#N)NC(=O)C2CC2)c1. The lowest BCUT2D eigenvalue weighted by molar-refractivity contribution is -0.122. The van der Waals surface area contributed by atoms with Gasteiger partial charge in [-0.05, 0) is 37.5 Å². The summed E-state index contributed by atoms with van der Waals surface area (Å²) in [6.07, 6.45) is 1.87. The number of hydrogen-bond donors (Lipinski definition) is 1. The molecule has 18 heavy (non-hydrogen) atoms. The molecule has 1 aliphatic rings. The molecule has 0 aromatic heterocycles. The van der Waals surface area contributed by atoms with Crippen LogP contribution < -0.4 is 10.1 Å². The Balaban J connectivity index is 2.08. The summed E-state index contributed by atoms with van der Waals surface area (Å²) in [6, 6.07) is 8.80. The zero-order chi connectivity index (χ0) is 13.0. The van der Waals surface area contributed by atoms with E-state index in [1.807, 2.05) is 25.1 Å². The summed E-state index contributed by atoms with van der Waals surface area (Å²) in [6.45, 7) is 2.48. The molecule has 0 aliphatic heterocycles. The molecule has 0 spiro atoms. The number of ether oxygens (including phenoxy) is 1. The molecule has 1 unspecified atom stereocenters. The predicted octanol–water partition coefficient (Wildman–Crippen LogP) is 2.18. The van der Waals surface area contributed by atoms with E-state index < -0.39 is 6.04 Å². The van der Waals surface area contributed by atoms with Crippen LogP contribution in [0.4, 0.5) is 0 Å². The van der Waals surface area contributed by atoms with Gasteiger partial charge in [-0.25, -0.2) is 0 Å². The minimum absolute atomic E-state index is 0.0247. The minimum Gasteiger partial charge on any atom is -0.494 e. The fourth-order valence-corrected chi connectivity index (χ4v) is 1.75. The van der Waals surface area contributed by atoms with Crippen molar-refractivity contribution in [3.63, 3.8) is 0 Å². The van der Waals surface area contributed by atoms with E-state index in [9.17, 15) is 4.79 Å². The van der Waals surface area contributed by atoms with Gasteiger partial charge >= 0.3 is 0 Å². The maximum atomic E-state index is 11.7. The molecule has 1 atom stereocenters. The number of carbonyl (C=O) groups excluding carboxylic acids is 1. The largest absolute Gasteiger partial charge is 0.494 e. The minimum atomic E-state index is -0.599. The Hall–Kier alpha value is -2.02. The Kier molecular flexibility index (Phi) is 3.83. The normalized spacial score (nSPS) is 15.6. The number of nitriles is 1. The van der Waals surface area contributed by atoms with E-state index in [0.717, 1.165) is 24.2 Å². The van der Waals surface area contributed by atoms with E-state index in [0.29, 0.717) is 6.61 Å². The van der Waals surface area contributed by atoms with E-state index in [4.69, 9.17) is 10.00 Å². The van der Waals surface area contributed by atoms with Crippen LogP contribution in [0.5, 0.6) is 5.75 Å². The number of rotatable bonds is 5. The molecule has 1 aliphatic carbocycles. The average Bonchev–Trinajstić information content (AvgIpc) is 3.20. The van der Waals surface area contributed by atoms with Crippen molar-refractivity contribution in [3.8, 4) is 11.8 Å². The lowest BCUT2D eigenvalue weighted by Crippen LogP contribution is -2.28. The Labute approximate surface area is 107 Å². The van der Waals surface area contributed by atoms with Crippen molar-refractivity contribution in [1.82, 2.24) is 5.32 Å². The topological polar surface area (TPSA) is 62.1 Å². The molecule has 0 radical (unpaired) electrons. The average molecular weight is 244 g/mol. The summed E-state index contributed by atoms with van der Waals surface area (Å²) in [5.41, 5.74) is 0.762. The highest BCUT2D eigenvalue weighted by atomic mass is 16.5. The first kappa shape index (κ1) is 12.4. The second-order valence-corrected chi connectivity index (χ2v) is 4.35. The number of nitrogens with one attached hydrogen (secondary N) is 1. The van der Waals surface area contributed by atoms with Crippen molar-refractivity contribution < 1.29 is 9.53 Å². The molecule has 1 fully saturated rings. The number of amides is 1. The molecule has 4 nitrogen and oxygen atoms in total. The summed E-state index contributed by atoms with van der Waals surface area (Å²) in [4.78, 5) is 11.7. The van der Waals surface area contributed by atoms with Gasteiger partial charge in [-0.3, -0.25) is 4.79 Å². The Morgan fingerprint density at radius 1 is 1.61 bits per heavy atom. The predicted molar refractivity (Wildman–Crippen MR) is 66.8 cm³/mol. The Bertz CT molecular complexity index is 475. The molecule has 1 aromatic carbocycles. The van der Waals surface area contributed by atoms with Gasteiger partial charge in [0.05, 0.1) is 12.7 Å². The van der Waals surface area contributed by atoms with Crippen LogP contribution in [0.15, 0.2) is 24.3 Å². The van der Waals surface area contributed by atoms with Crippen LogP contribution in [0, 0.1) is 17.2 Å². The molecule has 1 saturated carbocycles. The van der Waals surface area contributed by atoms with Gasteiger partial charge in [0.15, 0.2) is 0 Å². The van der Waals surface area contributed by atoms with Crippen molar-refractivity contribution in [1.29, 1.82) is 5.26 Å². The van der Waals surface area contributed by atoms with E-state index in [2.05, 4.69) is 11.4 Å². The third-order valence-corrected chi connectivity index (χ3v) is 2.87. The van der Waals surface area contributed by atoms with Crippen LogP contribution in [0.1, 0.15) is 31.4 Å². The highest BCUT2D eigenvalue weighted by Gasteiger charge is 2.31. The lowest BCUT2D eigenvalue weighted by Gasteiger charge is -2.13. The van der Waals surface area contributed by atoms with Crippen molar-refractivity contribution in [2.24, 2.45) is 5.92 Å². The maximum Gasteiger partial charge on any atom is 0.224 e. The van der Waals surface area contributed by atoms with Crippen LogP contribution in [0.2, 0.25) is 0 Å². The van der Waals surface area contributed by atoms with Crippen molar-refractivity contribution in [2.45, 2.75) is 25.8 Å². The van der Waals surface area contributed by atoms with Crippen LogP contribution in [-0.4, -0.2) is 12.5 Å². The van der Waals surface area contributed by atoms with Gasteiger partial charge in [0.25, 0.3) is 0 Å². The number of benzene rings is 1. The van der Waals surface area contributed by atoms with Crippen LogP contribution in [0.25, 0.3) is 0 Å². The van der Waals surface area contributed by atoms with Crippen LogP contribution in [-0.2, 0) is 4.79 Å². The van der Waals surface area contributed by atoms with Crippen molar-refractivity contribution in [2.75, 3.05) is 6.61 Å². The van der Waals surface area contributed by atoms with Crippen LogP contribution in [0.3, 0.4) is 0 Å². The third-order valence-electron chi connectivity index (χ3n) is 2.87. The van der Waals surface area contributed by atoms with Gasteiger partial charge in [0.1, 0.15) is 11.8 Å². The summed E-state index contributed by atoms with van der Waals surface area (Å²) in [5, 5.41) is 11.9. The summed E-state index contributed by atoms with van der Waals surface area (Å²) in [5.74, 6) is 0.801. The highest BCUT2D eigenvalue weighted by molar-refractivity contribution is 5.81. The molecule has 2 rings (SSSR count). The van der Waals surface area contributed by atoms with Gasteiger partial charge in [0.2, 0.25) is 5.91 Å². The summed E-state index contributed by atoms with van der Waals surface area (Å²) >= 11 is 0. The Morgan fingerprint density at radius 2 is 2.39 bits per heavy atom. The first-order valence-electron chi connectivity index (χ1n) is 6.17. The molecule has 1 aromatic rings. The number of carbonyl (C=O) groups is 1. The molecule has 0 saturated heterocycles. The molecule has 1 N–H and O–H groups in total. The number of hydrogen-bond acceptors (Lipinski definition) is 3. The molecular formula is C14H16N2O2. The zero-order valence-corrected chi connectivity index (χ0v) is 10.3. The summed E-state index contributed by atoms with van der Waals surface area (Å²) in [7, 11) is 0. The lowest BCUT2D eigenvalue weighted by atomic mass is 10.1. The third kappa shape index (κ3) is 3.01. The molecule has 94 valence electrons. The molecule has 4 heteroatoms. The first-order valence-corrected chi connectivity index (χ1v) is 6.17. The fourth-order valence-electron chi connectivity index (χ4n) is 1.75. The smallest absolute Gasteiger partial charge is 0.224 e. The summed E-state index contributed by atoms with van der Waals surface area (Å²) < 4.78 is 5.38. The Morgan fingerprint density at radius 3 is 3.00 bits per heavy atom. The van der Waals surface area contributed by atoms with E-state index in [-0.39, 0.29) is 11.8 Å². The van der Waals surface area contributed by atoms with Gasteiger partial charge in [-0.1, -0.05) is 12.1 Å². The molecular weight excluding hydrogens is 228 g/mol. The van der Waals surface area contributed by atoms with Gasteiger partial charge in [-0.2, -0.15) is 5.26 Å². The highest BCUT2D eigenvalue weighted by Crippen LogP contribution is 2.30. The van der Waals surface area contributed by atoms with Gasteiger partial charge < -0.3 is 10.1 Å². The second-order valence-electron chi connectivity index (χ2n) is 4.35. The van der Waals surface area contributed by atoms with Gasteiger partial charge in [0, 0.05) is 5.92 Å². The molecule has 1 amide bonds. The standard InChI is InChI=1S/C14H16N2O2/c1-2-18-12-5-3-4-11(8-12)13(9-15)16-14(17)10-6-7-10/h3-5,8,10,13H,2,6-7H2,1H3,(H,16,17).